The molecule has 0 aliphatic carbocycles. The first kappa shape index (κ1) is 16.5. The lowest BCUT2D eigenvalue weighted by Crippen LogP contribution is -2.40. The molecule has 1 amide bonds. The molecular formula is C18H24N4O2. The maximum Gasteiger partial charge on any atom is 0.224 e. The van der Waals surface area contributed by atoms with Crippen molar-refractivity contribution in [3.8, 4) is 5.75 Å². The Labute approximate surface area is 142 Å². The van der Waals surface area contributed by atoms with E-state index in [0.29, 0.717) is 0 Å². The Morgan fingerprint density at radius 3 is 2.62 bits per heavy atom. The molecule has 1 fully saturated rings. The molecule has 2 heterocycles. The summed E-state index contributed by atoms with van der Waals surface area (Å²) in [4.78, 5) is 17.1. The molecular weight excluding hydrogens is 304 g/mol. The Morgan fingerprint density at radius 1 is 1.33 bits per heavy atom. The lowest BCUT2D eigenvalue weighted by molar-refractivity contribution is -0.126. The Kier molecular flexibility index (Phi) is 5.15. The SMILES string of the molecule is COc1ccc(C(NC(=O)C2CCNCC2)c2nccn2C)cc1. The number of amides is 1. The molecule has 2 aromatic rings. The zero-order chi connectivity index (χ0) is 16.9. The number of carbonyl (C=O) groups is 1. The molecule has 24 heavy (non-hydrogen) atoms. The van der Waals surface area contributed by atoms with Crippen molar-refractivity contribution in [1.82, 2.24) is 20.2 Å². The van der Waals surface area contributed by atoms with Crippen LogP contribution in [0.1, 0.15) is 30.3 Å². The summed E-state index contributed by atoms with van der Waals surface area (Å²) >= 11 is 0. The van der Waals surface area contributed by atoms with Crippen LogP contribution in [-0.4, -0.2) is 35.7 Å². The standard InChI is InChI=1S/C18H24N4O2/c1-22-12-11-20-17(22)16(13-3-5-15(24-2)6-4-13)21-18(23)14-7-9-19-10-8-14/h3-6,11-12,14,16,19H,7-10H2,1-2H3,(H,21,23). The minimum Gasteiger partial charge on any atom is -0.497 e. The van der Waals surface area contributed by atoms with E-state index < -0.39 is 0 Å². The second-order valence-electron chi connectivity index (χ2n) is 6.14. The van der Waals surface area contributed by atoms with Gasteiger partial charge < -0.3 is 19.9 Å². The number of piperidine rings is 1. The topological polar surface area (TPSA) is 68.2 Å². The van der Waals surface area contributed by atoms with Crippen LogP contribution < -0.4 is 15.4 Å². The molecule has 1 aromatic carbocycles. The summed E-state index contributed by atoms with van der Waals surface area (Å²) in [6, 6.07) is 7.49. The lowest BCUT2D eigenvalue weighted by atomic mass is 9.96. The zero-order valence-electron chi connectivity index (χ0n) is 14.2. The minimum absolute atomic E-state index is 0.0623. The van der Waals surface area contributed by atoms with Crippen LogP contribution in [0.2, 0.25) is 0 Å². The number of benzene rings is 1. The molecule has 1 unspecified atom stereocenters. The highest BCUT2D eigenvalue weighted by Gasteiger charge is 2.26. The molecule has 2 N–H and O–H groups in total. The van der Waals surface area contributed by atoms with Crippen molar-refractivity contribution in [2.24, 2.45) is 13.0 Å². The summed E-state index contributed by atoms with van der Waals surface area (Å²) in [7, 11) is 3.58. The van der Waals surface area contributed by atoms with Gasteiger partial charge in [-0.05, 0) is 43.6 Å². The van der Waals surface area contributed by atoms with E-state index in [9.17, 15) is 4.79 Å². The van der Waals surface area contributed by atoms with Crippen LogP contribution in [0.5, 0.6) is 5.75 Å². The molecule has 6 heteroatoms. The zero-order valence-corrected chi connectivity index (χ0v) is 14.2. The van der Waals surface area contributed by atoms with Gasteiger partial charge in [0.1, 0.15) is 17.6 Å². The molecule has 6 nitrogen and oxygen atoms in total. The fraction of sp³-hybridized carbons (Fsp3) is 0.444. The number of hydrogen-bond donors (Lipinski definition) is 2. The predicted molar refractivity (Wildman–Crippen MR) is 91.8 cm³/mol. The lowest BCUT2D eigenvalue weighted by Gasteiger charge is -2.25. The van der Waals surface area contributed by atoms with E-state index in [1.165, 1.54) is 0 Å². The fourth-order valence-electron chi connectivity index (χ4n) is 3.09. The molecule has 1 aromatic heterocycles. The summed E-state index contributed by atoms with van der Waals surface area (Å²) in [5, 5.41) is 6.49. The monoisotopic (exact) mass is 328 g/mol. The number of hydrogen-bond acceptors (Lipinski definition) is 4. The van der Waals surface area contributed by atoms with E-state index in [2.05, 4.69) is 15.6 Å². The molecule has 1 aliphatic heterocycles. The number of aryl methyl sites for hydroxylation is 1. The van der Waals surface area contributed by atoms with Crippen LogP contribution in [0, 0.1) is 5.92 Å². The van der Waals surface area contributed by atoms with Gasteiger partial charge in [0.25, 0.3) is 0 Å². The highest BCUT2D eigenvalue weighted by Crippen LogP contribution is 2.24. The Bertz CT molecular complexity index is 675. The smallest absolute Gasteiger partial charge is 0.224 e. The summed E-state index contributed by atoms with van der Waals surface area (Å²) < 4.78 is 7.17. The number of ether oxygens (including phenoxy) is 1. The number of carbonyl (C=O) groups excluding carboxylic acids is 1. The van der Waals surface area contributed by atoms with Gasteiger partial charge >= 0.3 is 0 Å². The van der Waals surface area contributed by atoms with Crippen molar-refractivity contribution in [3.05, 3.63) is 48.0 Å². The third-order valence-electron chi connectivity index (χ3n) is 4.56. The van der Waals surface area contributed by atoms with Crippen molar-refractivity contribution in [2.45, 2.75) is 18.9 Å². The van der Waals surface area contributed by atoms with Gasteiger partial charge in [-0.2, -0.15) is 0 Å². The van der Waals surface area contributed by atoms with Crippen molar-refractivity contribution < 1.29 is 9.53 Å². The van der Waals surface area contributed by atoms with E-state index >= 15 is 0 Å². The van der Waals surface area contributed by atoms with Gasteiger partial charge in [0.15, 0.2) is 0 Å². The summed E-state index contributed by atoms with van der Waals surface area (Å²) in [5.74, 6) is 1.78. The summed E-state index contributed by atoms with van der Waals surface area (Å²) in [5.41, 5.74) is 0.993. The molecule has 3 rings (SSSR count). The van der Waals surface area contributed by atoms with Crippen molar-refractivity contribution >= 4 is 5.91 Å². The second-order valence-corrected chi connectivity index (χ2v) is 6.14. The van der Waals surface area contributed by atoms with Gasteiger partial charge in [0.2, 0.25) is 5.91 Å². The van der Waals surface area contributed by atoms with Crippen LogP contribution in [0.25, 0.3) is 0 Å². The number of aromatic nitrogens is 2. The van der Waals surface area contributed by atoms with Gasteiger partial charge in [-0.3, -0.25) is 4.79 Å². The number of nitrogens with zero attached hydrogens (tertiary/aromatic N) is 2. The van der Waals surface area contributed by atoms with Crippen LogP contribution in [-0.2, 0) is 11.8 Å². The summed E-state index contributed by atoms with van der Waals surface area (Å²) in [6.07, 6.45) is 5.40. The van der Waals surface area contributed by atoms with Crippen molar-refractivity contribution in [3.63, 3.8) is 0 Å². The highest BCUT2D eigenvalue weighted by atomic mass is 16.5. The third-order valence-corrected chi connectivity index (χ3v) is 4.56. The summed E-state index contributed by atoms with van der Waals surface area (Å²) in [6.45, 7) is 1.79. The molecule has 1 saturated heterocycles. The van der Waals surface area contributed by atoms with E-state index in [1.807, 2.05) is 42.1 Å². The average Bonchev–Trinajstić information content (AvgIpc) is 3.06. The largest absolute Gasteiger partial charge is 0.497 e. The van der Waals surface area contributed by atoms with Gasteiger partial charge in [0.05, 0.1) is 7.11 Å². The number of imidazole rings is 1. The van der Waals surface area contributed by atoms with Crippen molar-refractivity contribution in [2.75, 3.05) is 20.2 Å². The Hall–Kier alpha value is -2.34. The highest BCUT2D eigenvalue weighted by molar-refractivity contribution is 5.79. The van der Waals surface area contributed by atoms with Crippen molar-refractivity contribution in [1.29, 1.82) is 0 Å². The maximum atomic E-state index is 12.7. The van der Waals surface area contributed by atoms with Crippen LogP contribution in [0.3, 0.4) is 0 Å². The molecule has 1 aliphatic rings. The number of rotatable bonds is 5. The quantitative estimate of drug-likeness (QED) is 0.875. The first-order chi connectivity index (χ1) is 11.7. The molecule has 0 radical (unpaired) electrons. The number of nitrogens with one attached hydrogen (secondary N) is 2. The number of methoxy groups -OCH3 is 1. The molecule has 128 valence electrons. The van der Waals surface area contributed by atoms with Crippen LogP contribution in [0.15, 0.2) is 36.7 Å². The minimum atomic E-state index is -0.265. The van der Waals surface area contributed by atoms with E-state index in [0.717, 1.165) is 43.1 Å². The van der Waals surface area contributed by atoms with Gasteiger partial charge in [-0.15, -0.1) is 0 Å². The predicted octanol–water partition coefficient (Wildman–Crippen LogP) is 1.63. The molecule has 0 spiro atoms. The Balaban J connectivity index is 1.84. The van der Waals surface area contributed by atoms with Gasteiger partial charge in [0, 0.05) is 25.4 Å². The first-order valence-electron chi connectivity index (χ1n) is 8.31. The van der Waals surface area contributed by atoms with E-state index in [4.69, 9.17) is 4.74 Å². The molecule has 1 atom stereocenters. The van der Waals surface area contributed by atoms with E-state index in [1.54, 1.807) is 13.3 Å². The first-order valence-corrected chi connectivity index (χ1v) is 8.31. The molecule has 0 saturated carbocycles. The van der Waals surface area contributed by atoms with Crippen LogP contribution in [0.4, 0.5) is 0 Å². The van der Waals surface area contributed by atoms with E-state index in [-0.39, 0.29) is 17.9 Å². The fourth-order valence-corrected chi connectivity index (χ4v) is 3.09. The third kappa shape index (κ3) is 3.59. The molecule has 0 bridgehead atoms. The maximum absolute atomic E-state index is 12.7. The van der Waals surface area contributed by atoms with Gasteiger partial charge in [-0.1, -0.05) is 12.1 Å². The average molecular weight is 328 g/mol. The second kappa shape index (κ2) is 7.49. The van der Waals surface area contributed by atoms with Crippen LogP contribution >= 0.6 is 0 Å². The van der Waals surface area contributed by atoms with Gasteiger partial charge in [-0.25, -0.2) is 4.98 Å². The normalized spacial score (nSPS) is 16.6. The Morgan fingerprint density at radius 2 is 2.04 bits per heavy atom.